The average Bonchev–Trinajstić information content (AvgIpc) is 2.53. The van der Waals surface area contributed by atoms with E-state index in [0.717, 1.165) is 16.2 Å². The Kier molecular flexibility index (Phi) is 5.51. The van der Waals surface area contributed by atoms with Gasteiger partial charge in [-0.15, -0.1) is 0 Å². The molecule has 0 N–H and O–H groups in total. The summed E-state index contributed by atoms with van der Waals surface area (Å²) in [6.07, 6.45) is 1.30. The minimum absolute atomic E-state index is 0.228. The van der Waals surface area contributed by atoms with Gasteiger partial charge in [0.25, 0.3) is 0 Å². The summed E-state index contributed by atoms with van der Waals surface area (Å²) in [4.78, 5) is 0.886. The molecule has 0 bridgehead atoms. The summed E-state index contributed by atoms with van der Waals surface area (Å²) in [6, 6.07) is 17.1. The van der Waals surface area contributed by atoms with E-state index in [1.165, 1.54) is 0 Å². The first-order chi connectivity index (χ1) is 10.2. The molecule has 0 aliphatic carbocycles. The van der Waals surface area contributed by atoms with Crippen molar-refractivity contribution in [1.29, 1.82) is 0 Å². The highest BCUT2D eigenvalue weighted by Crippen LogP contribution is 2.24. The normalized spacial score (nSPS) is 12.8. The second kappa shape index (κ2) is 7.59. The Morgan fingerprint density at radius 3 is 2.48 bits per heavy atom. The Hall–Kier alpha value is -2.14. The maximum atomic E-state index is 11.8. The fraction of sp³-hybridized carbons (Fsp3) is 0.188. The molecule has 0 heterocycles. The van der Waals surface area contributed by atoms with Crippen LogP contribution in [0.2, 0.25) is 0 Å². The molecular formula is C16H17NO3S. The van der Waals surface area contributed by atoms with Gasteiger partial charge < -0.3 is 14.6 Å². The first-order valence-electron chi connectivity index (χ1n) is 6.42. The maximum Gasteiger partial charge on any atom is 0.225 e. The van der Waals surface area contributed by atoms with Crippen LogP contribution in [0.15, 0.2) is 63.9 Å². The molecule has 4 nitrogen and oxygen atoms in total. The van der Waals surface area contributed by atoms with Crippen LogP contribution < -0.4 is 9.84 Å². The van der Waals surface area contributed by atoms with Crippen LogP contribution in [0.4, 0.5) is 0 Å². The van der Waals surface area contributed by atoms with Gasteiger partial charge in [0, 0.05) is 6.61 Å². The van der Waals surface area contributed by atoms with Crippen molar-refractivity contribution in [2.24, 2.45) is 4.40 Å². The van der Waals surface area contributed by atoms with Gasteiger partial charge in [0.2, 0.25) is 11.0 Å². The highest BCUT2D eigenvalue weighted by atomic mass is 32.2. The summed E-state index contributed by atoms with van der Waals surface area (Å²) in [6.45, 7) is 0.228. The summed E-state index contributed by atoms with van der Waals surface area (Å²) >= 11 is -0.607. The summed E-state index contributed by atoms with van der Waals surface area (Å²) in [5, 5.41) is 11.8. The quantitative estimate of drug-likeness (QED) is 0.483. The van der Waals surface area contributed by atoms with Gasteiger partial charge in [0.1, 0.15) is 6.26 Å². The van der Waals surface area contributed by atoms with Crippen LogP contribution >= 0.6 is 0 Å². The number of benzene rings is 2. The van der Waals surface area contributed by atoms with Crippen LogP contribution in [0.5, 0.6) is 5.75 Å². The predicted octanol–water partition coefficient (Wildman–Crippen LogP) is 2.15. The lowest BCUT2D eigenvalue weighted by Gasteiger charge is -2.12. The lowest BCUT2D eigenvalue weighted by molar-refractivity contribution is -0.251. The maximum absolute atomic E-state index is 11.8. The molecule has 1 unspecified atom stereocenters. The largest absolute Gasteiger partial charge is 0.592 e. The van der Waals surface area contributed by atoms with E-state index >= 15 is 0 Å². The van der Waals surface area contributed by atoms with Crippen LogP contribution in [0, 0.1) is 0 Å². The molecule has 0 saturated heterocycles. The number of methoxy groups -OCH3 is 1. The highest BCUT2D eigenvalue weighted by Gasteiger charge is 2.20. The second-order valence-electron chi connectivity index (χ2n) is 4.26. The Labute approximate surface area is 127 Å². The fourth-order valence-corrected chi connectivity index (χ4v) is 2.86. The van der Waals surface area contributed by atoms with Crippen molar-refractivity contribution in [2.75, 3.05) is 13.4 Å². The third-order valence-corrected chi connectivity index (χ3v) is 4.20. The average molecular weight is 303 g/mol. The van der Waals surface area contributed by atoms with Crippen molar-refractivity contribution in [3.8, 4) is 5.75 Å². The van der Waals surface area contributed by atoms with E-state index in [9.17, 15) is 5.11 Å². The van der Waals surface area contributed by atoms with E-state index in [1.54, 1.807) is 7.11 Å². The van der Waals surface area contributed by atoms with Crippen LogP contribution in [0.25, 0.3) is 0 Å². The summed E-state index contributed by atoms with van der Waals surface area (Å²) in [7, 11) is 1.60. The molecule has 0 aromatic heterocycles. The lowest BCUT2D eigenvalue weighted by Crippen LogP contribution is -2.22. The third-order valence-electron chi connectivity index (χ3n) is 2.80. The first kappa shape index (κ1) is 15.3. The zero-order valence-corrected chi connectivity index (χ0v) is 12.8. The molecule has 110 valence electrons. The van der Waals surface area contributed by atoms with E-state index in [1.807, 2.05) is 60.9 Å². The summed E-state index contributed by atoms with van der Waals surface area (Å²) < 4.78 is 14.5. The molecule has 2 aromatic carbocycles. The van der Waals surface area contributed by atoms with E-state index in [2.05, 4.69) is 4.40 Å². The minimum Gasteiger partial charge on any atom is -0.592 e. The number of rotatable bonds is 5. The standard InChI is InChI=1S/C16H17NO3S/c1-19-14-10-6-7-11-15(14)21(2)17-16(18)20-12-13-8-4-3-5-9-13/h3-11H,12H2,1-2H3. The van der Waals surface area contributed by atoms with Crippen LogP contribution in [-0.4, -0.2) is 19.4 Å². The molecule has 5 heteroatoms. The topological polar surface area (TPSA) is 53.9 Å². The number of ether oxygens (including phenoxy) is 2. The molecule has 2 rings (SSSR count). The number of para-hydroxylation sites is 1. The molecule has 0 spiro atoms. The van der Waals surface area contributed by atoms with E-state index in [4.69, 9.17) is 9.47 Å². The van der Waals surface area contributed by atoms with E-state index < -0.39 is 17.2 Å². The van der Waals surface area contributed by atoms with Crippen LogP contribution in [-0.2, 0) is 22.4 Å². The number of hydrogen-bond acceptors (Lipinski definition) is 4. The van der Waals surface area contributed by atoms with Gasteiger partial charge in [-0.3, -0.25) is 0 Å². The molecule has 21 heavy (non-hydrogen) atoms. The molecule has 0 aliphatic rings. The third kappa shape index (κ3) is 4.43. The molecule has 0 aliphatic heterocycles. The Morgan fingerprint density at radius 2 is 1.76 bits per heavy atom. The highest BCUT2D eigenvalue weighted by molar-refractivity contribution is 7.95. The van der Waals surface area contributed by atoms with Crippen LogP contribution in [0.1, 0.15) is 5.56 Å². The van der Waals surface area contributed by atoms with Crippen molar-refractivity contribution in [3.63, 3.8) is 0 Å². The molecule has 0 saturated carbocycles. The van der Waals surface area contributed by atoms with Gasteiger partial charge in [-0.1, -0.05) is 42.5 Å². The molecule has 1 atom stereocenters. The van der Waals surface area contributed by atoms with Gasteiger partial charge >= 0.3 is 0 Å². The Morgan fingerprint density at radius 1 is 1.10 bits per heavy atom. The van der Waals surface area contributed by atoms with Crippen molar-refractivity contribution in [2.45, 2.75) is 11.5 Å². The van der Waals surface area contributed by atoms with E-state index in [-0.39, 0.29) is 6.61 Å². The minimum atomic E-state index is -0.607. The van der Waals surface area contributed by atoms with Gasteiger partial charge in [0.15, 0.2) is 16.8 Å². The summed E-state index contributed by atoms with van der Waals surface area (Å²) in [5.74, 6) is 0.725. The van der Waals surface area contributed by atoms with Crippen molar-refractivity contribution in [3.05, 3.63) is 60.2 Å². The molecule has 0 amide bonds. The predicted molar refractivity (Wildman–Crippen MR) is 83.2 cm³/mol. The van der Waals surface area contributed by atoms with Crippen LogP contribution in [0.3, 0.4) is 0 Å². The number of nitrogens with zero attached hydrogens (tertiary/aromatic N) is 1. The fourth-order valence-electron chi connectivity index (χ4n) is 1.77. The van der Waals surface area contributed by atoms with Crippen molar-refractivity contribution < 1.29 is 14.6 Å². The zero-order chi connectivity index (χ0) is 15.1. The monoisotopic (exact) mass is 303 g/mol. The van der Waals surface area contributed by atoms with Gasteiger partial charge in [-0.05, 0) is 22.1 Å². The zero-order valence-electron chi connectivity index (χ0n) is 12.0. The van der Waals surface area contributed by atoms with Gasteiger partial charge in [0.05, 0.1) is 7.11 Å². The SMILES string of the molecule is COc1ccccc1[S+](C)/N=C(\[O-])OCc1ccccc1. The first-order valence-corrected chi connectivity index (χ1v) is 8.01. The van der Waals surface area contributed by atoms with Crippen molar-refractivity contribution >= 4 is 17.2 Å². The Bertz CT molecular complexity index is 601. The van der Waals surface area contributed by atoms with Crippen molar-refractivity contribution in [1.82, 2.24) is 0 Å². The molecular weight excluding hydrogens is 286 g/mol. The lowest BCUT2D eigenvalue weighted by atomic mass is 10.2. The van der Waals surface area contributed by atoms with E-state index in [0.29, 0.717) is 0 Å². The molecule has 0 radical (unpaired) electrons. The van der Waals surface area contributed by atoms with Gasteiger partial charge in [-0.2, -0.15) is 0 Å². The molecule has 0 fully saturated rings. The second-order valence-corrected chi connectivity index (χ2v) is 5.84. The van der Waals surface area contributed by atoms with Gasteiger partial charge in [-0.25, -0.2) is 0 Å². The summed E-state index contributed by atoms with van der Waals surface area (Å²) in [5.41, 5.74) is 0.939. The smallest absolute Gasteiger partial charge is 0.225 e. The Balaban J connectivity index is 2.01. The number of hydrogen-bond donors (Lipinski definition) is 0. The molecule has 2 aromatic rings.